The summed E-state index contributed by atoms with van der Waals surface area (Å²) in [5, 5.41) is 4.34. The standard InChI is InChI=1S/C20H23N5O/c26-20(16-4-3-11-25(14-16)19-13-21-9-10-22-19)23-8-7-15-12-24-18-6-2-1-5-17(15)18/h1-2,5-6,9-10,12-13,16,24H,3-4,7-8,11,14H2,(H,23,26). The van der Waals surface area contributed by atoms with E-state index >= 15 is 0 Å². The number of carbonyl (C=O) groups is 1. The highest BCUT2D eigenvalue weighted by Gasteiger charge is 2.26. The van der Waals surface area contributed by atoms with Crippen molar-refractivity contribution in [3.63, 3.8) is 0 Å². The molecule has 6 nitrogen and oxygen atoms in total. The molecule has 4 rings (SSSR count). The highest BCUT2D eigenvalue weighted by atomic mass is 16.1. The van der Waals surface area contributed by atoms with Crippen LogP contribution in [0.5, 0.6) is 0 Å². The van der Waals surface area contributed by atoms with E-state index in [-0.39, 0.29) is 11.8 Å². The van der Waals surface area contributed by atoms with Crippen LogP contribution in [0.1, 0.15) is 18.4 Å². The second-order valence-electron chi connectivity index (χ2n) is 6.75. The number of nitrogens with one attached hydrogen (secondary N) is 2. The van der Waals surface area contributed by atoms with Gasteiger partial charge in [-0.25, -0.2) is 4.98 Å². The number of aromatic nitrogens is 3. The Kier molecular flexibility index (Phi) is 4.82. The van der Waals surface area contributed by atoms with Crippen LogP contribution in [0.4, 0.5) is 5.82 Å². The fraction of sp³-hybridized carbons (Fsp3) is 0.350. The molecule has 6 heteroatoms. The molecule has 1 amide bonds. The molecule has 1 aromatic carbocycles. The number of nitrogens with zero attached hydrogens (tertiary/aromatic N) is 3. The first-order valence-electron chi connectivity index (χ1n) is 9.15. The smallest absolute Gasteiger partial charge is 0.224 e. The number of amides is 1. The second kappa shape index (κ2) is 7.56. The number of hydrogen-bond donors (Lipinski definition) is 2. The van der Waals surface area contributed by atoms with Crippen molar-refractivity contribution < 1.29 is 4.79 Å². The normalized spacial score (nSPS) is 17.4. The van der Waals surface area contributed by atoms with Gasteiger partial charge in [0.25, 0.3) is 0 Å². The summed E-state index contributed by atoms with van der Waals surface area (Å²) in [5.41, 5.74) is 2.38. The summed E-state index contributed by atoms with van der Waals surface area (Å²) < 4.78 is 0. The van der Waals surface area contributed by atoms with Gasteiger partial charge in [-0.3, -0.25) is 9.78 Å². The molecule has 2 aromatic heterocycles. The van der Waals surface area contributed by atoms with E-state index in [9.17, 15) is 4.79 Å². The lowest BCUT2D eigenvalue weighted by Gasteiger charge is -2.32. The summed E-state index contributed by atoms with van der Waals surface area (Å²) in [7, 11) is 0. The minimum absolute atomic E-state index is 0.00808. The molecule has 0 radical (unpaired) electrons. The largest absolute Gasteiger partial charge is 0.361 e. The molecule has 0 spiro atoms. The number of fused-ring (bicyclic) bond motifs is 1. The average molecular weight is 349 g/mol. The highest BCUT2D eigenvalue weighted by molar-refractivity contribution is 5.83. The molecule has 134 valence electrons. The lowest BCUT2D eigenvalue weighted by molar-refractivity contribution is -0.125. The summed E-state index contributed by atoms with van der Waals surface area (Å²) >= 11 is 0. The van der Waals surface area contributed by atoms with Crippen LogP contribution in [0, 0.1) is 5.92 Å². The fourth-order valence-electron chi connectivity index (χ4n) is 3.66. The molecule has 26 heavy (non-hydrogen) atoms. The van der Waals surface area contributed by atoms with Crippen molar-refractivity contribution in [1.82, 2.24) is 20.3 Å². The Morgan fingerprint density at radius 3 is 3.12 bits per heavy atom. The van der Waals surface area contributed by atoms with Crippen LogP contribution in [-0.2, 0) is 11.2 Å². The Hall–Kier alpha value is -2.89. The number of hydrogen-bond acceptors (Lipinski definition) is 4. The minimum Gasteiger partial charge on any atom is -0.361 e. The Balaban J connectivity index is 1.32. The molecule has 1 atom stereocenters. The first kappa shape index (κ1) is 16.6. The van der Waals surface area contributed by atoms with E-state index in [1.165, 1.54) is 10.9 Å². The van der Waals surface area contributed by atoms with E-state index in [1.54, 1.807) is 18.6 Å². The van der Waals surface area contributed by atoms with Crippen LogP contribution in [0.2, 0.25) is 0 Å². The molecular formula is C20H23N5O. The van der Waals surface area contributed by atoms with Gasteiger partial charge in [-0.15, -0.1) is 0 Å². The van der Waals surface area contributed by atoms with Gasteiger partial charge in [0.1, 0.15) is 5.82 Å². The van der Waals surface area contributed by atoms with Gasteiger partial charge in [-0.05, 0) is 30.9 Å². The molecule has 2 N–H and O–H groups in total. The number of anilines is 1. The molecule has 3 aromatic rings. The number of carbonyl (C=O) groups excluding carboxylic acids is 1. The van der Waals surface area contributed by atoms with E-state index in [1.807, 2.05) is 18.3 Å². The van der Waals surface area contributed by atoms with Gasteiger partial charge in [0.2, 0.25) is 5.91 Å². The third kappa shape index (κ3) is 3.54. The predicted molar refractivity (Wildman–Crippen MR) is 102 cm³/mol. The maximum atomic E-state index is 12.6. The van der Waals surface area contributed by atoms with E-state index in [4.69, 9.17) is 0 Å². The minimum atomic E-state index is 0.00808. The Bertz CT molecular complexity index is 876. The van der Waals surface area contributed by atoms with Crippen molar-refractivity contribution in [3.05, 3.63) is 54.6 Å². The molecule has 1 aliphatic heterocycles. The molecule has 0 aliphatic carbocycles. The van der Waals surface area contributed by atoms with Gasteiger partial charge in [0.15, 0.2) is 0 Å². The molecule has 1 unspecified atom stereocenters. The highest BCUT2D eigenvalue weighted by Crippen LogP contribution is 2.21. The summed E-state index contributed by atoms with van der Waals surface area (Å²) in [6, 6.07) is 8.25. The van der Waals surface area contributed by atoms with Crippen molar-refractivity contribution >= 4 is 22.6 Å². The number of rotatable bonds is 5. The van der Waals surface area contributed by atoms with Gasteiger partial charge in [0, 0.05) is 49.1 Å². The first-order chi connectivity index (χ1) is 12.8. The van der Waals surface area contributed by atoms with Crippen molar-refractivity contribution in [1.29, 1.82) is 0 Å². The fourth-order valence-corrected chi connectivity index (χ4v) is 3.66. The molecule has 1 fully saturated rings. The van der Waals surface area contributed by atoms with E-state index in [0.29, 0.717) is 13.1 Å². The lowest BCUT2D eigenvalue weighted by atomic mass is 9.97. The van der Waals surface area contributed by atoms with E-state index < -0.39 is 0 Å². The van der Waals surface area contributed by atoms with Crippen molar-refractivity contribution in [2.24, 2.45) is 5.92 Å². The van der Waals surface area contributed by atoms with Crippen LogP contribution >= 0.6 is 0 Å². The summed E-state index contributed by atoms with van der Waals surface area (Å²) in [4.78, 5) is 26.5. The maximum absolute atomic E-state index is 12.6. The number of H-pyrrole nitrogens is 1. The van der Waals surface area contributed by atoms with E-state index in [2.05, 4.69) is 37.3 Å². The zero-order chi connectivity index (χ0) is 17.8. The number of benzene rings is 1. The summed E-state index contributed by atoms with van der Waals surface area (Å²) in [6.07, 6.45) is 9.91. The van der Waals surface area contributed by atoms with Crippen LogP contribution < -0.4 is 10.2 Å². The van der Waals surface area contributed by atoms with Crippen molar-refractivity contribution in [2.45, 2.75) is 19.3 Å². The lowest BCUT2D eigenvalue weighted by Crippen LogP contribution is -2.43. The quantitative estimate of drug-likeness (QED) is 0.742. The van der Waals surface area contributed by atoms with Crippen LogP contribution in [-0.4, -0.2) is 40.5 Å². The van der Waals surface area contributed by atoms with Crippen LogP contribution in [0.3, 0.4) is 0 Å². The van der Waals surface area contributed by atoms with Crippen LogP contribution in [0.15, 0.2) is 49.1 Å². The molecular weight excluding hydrogens is 326 g/mol. The zero-order valence-electron chi connectivity index (χ0n) is 14.7. The third-order valence-corrected chi connectivity index (χ3v) is 5.03. The Labute approximate surface area is 152 Å². The van der Waals surface area contributed by atoms with Gasteiger partial charge in [-0.2, -0.15) is 0 Å². The summed E-state index contributed by atoms with van der Waals surface area (Å²) in [6.45, 7) is 2.29. The van der Waals surface area contributed by atoms with Gasteiger partial charge in [-0.1, -0.05) is 18.2 Å². The number of para-hydroxylation sites is 1. The Morgan fingerprint density at radius 2 is 2.23 bits per heavy atom. The van der Waals surface area contributed by atoms with Crippen molar-refractivity contribution in [2.75, 3.05) is 24.5 Å². The zero-order valence-corrected chi connectivity index (χ0v) is 14.7. The monoisotopic (exact) mass is 349 g/mol. The molecule has 3 heterocycles. The van der Waals surface area contributed by atoms with Gasteiger partial charge >= 0.3 is 0 Å². The van der Waals surface area contributed by atoms with Gasteiger partial charge < -0.3 is 15.2 Å². The first-order valence-corrected chi connectivity index (χ1v) is 9.15. The number of aromatic amines is 1. The number of piperidine rings is 1. The average Bonchev–Trinajstić information content (AvgIpc) is 3.12. The molecule has 1 saturated heterocycles. The van der Waals surface area contributed by atoms with Gasteiger partial charge in [0.05, 0.1) is 12.1 Å². The molecule has 1 aliphatic rings. The predicted octanol–water partition coefficient (Wildman–Crippen LogP) is 2.53. The maximum Gasteiger partial charge on any atom is 0.224 e. The summed E-state index contributed by atoms with van der Waals surface area (Å²) in [5.74, 6) is 0.996. The third-order valence-electron chi connectivity index (χ3n) is 5.03. The van der Waals surface area contributed by atoms with Crippen LogP contribution in [0.25, 0.3) is 10.9 Å². The SMILES string of the molecule is O=C(NCCc1c[nH]c2ccccc12)C1CCCN(c2cnccn2)C1. The second-order valence-corrected chi connectivity index (χ2v) is 6.75. The molecule has 0 bridgehead atoms. The molecule has 0 saturated carbocycles. The Morgan fingerprint density at radius 1 is 1.31 bits per heavy atom. The van der Waals surface area contributed by atoms with Crippen molar-refractivity contribution in [3.8, 4) is 0 Å². The van der Waals surface area contributed by atoms with E-state index in [0.717, 1.165) is 37.1 Å². The topological polar surface area (TPSA) is 73.9 Å².